The Hall–Kier alpha value is -1.57. The first-order valence-corrected chi connectivity index (χ1v) is 5.97. The van der Waals surface area contributed by atoms with Gasteiger partial charge < -0.3 is 4.57 Å². The number of hydrogen-bond acceptors (Lipinski definition) is 1. The molecule has 1 heterocycles. The Bertz CT molecular complexity index is 501. The van der Waals surface area contributed by atoms with E-state index in [9.17, 15) is 0 Å². The Kier molecular flexibility index (Phi) is 2.28. The molecule has 0 N–H and O–H groups in total. The summed E-state index contributed by atoms with van der Waals surface area (Å²) in [6.45, 7) is 2.10. The van der Waals surface area contributed by atoms with E-state index in [1.54, 1.807) is 0 Å². The zero-order valence-corrected chi connectivity index (χ0v) is 9.61. The summed E-state index contributed by atoms with van der Waals surface area (Å²) in [6, 6.07) is 0. The van der Waals surface area contributed by atoms with Crippen LogP contribution in [0.2, 0.25) is 0 Å². The van der Waals surface area contributed by atoms with Gasteiger partial charge in [-0.1, -0.05) is 18.2 Å². The fourth-order valence-corrected chi connectivity index (χ4v) is 2.51. The van der Waals surface area contributed by atoms with Crippen LogP contribution in [-0.2, 0) is 6.42 Å². The van der Waals surface area contributed by atoms with Crippen LogP contribution in [-0.4, -0.2) is 9.55 Å². The van der Waals surface area contributed by atoms with Crippen molar-refractivity contribution < 1.29 is 0 Å². The first-order valence-electron chi connectivity index (χ1n) is 5.97. The molecule has 0 saturated heterocycles. The summed E-state index contributed by atoms with van der Waals surface area (Å²) in [5.74, 6) is 1.12. The van der Waals surface area contributed by atoms with Gasteiger partial charge in [-0.05, 0) is 44.8 Å². The molecule has 0 atom stereocenters. The molecule has 0 aromatic carbocycles. The molecule has 2 aliphatic rings. The third kappa shape index (κ3) is 1.45. The summed E-state index contributed by atoms with van der Waals surface area (Å²) in [5, 5.41) is 0. The van der Waals surface area contributed by atoms with E-state index in [-0.39, 0.29) is 0 Å². The Morgan fingerprint density at radius 1 is 1.19 bits per heavy atom. The predicted molar refractivity (Wildman–Crippen MR) is 67.0 cm³/mol. The van der Waals surface area contributed by atoms with Gasteiger partial charge in [-0.3, -0.25) is 0 Å². The Morgan fingerprint density at radius 3 is 2.88 bits per heavy atom. The second-order valence-electron chi connectivity index (χ2n) is 4.39. The van der Waals surface area contributed by atoms with E-state index < -0.39 is 0 Å². The number of aryl methyl sites for hydroxylation is 2. The van der Waals surface area contributed by atoms with E-state index in [4.69, 9.17) is 0 Å². The van der Waals surface area contributed by atoms with Gasteiger partial charge in [0.2, 0.25) is 0 Å². The summed E-state index contributed by atoms with van der Waals surface area (Å²) < 4.78 is 2.31. The lowest BCUT2D eigenvalue weighted by Gasteiger charge is -2.15. The second kappa shape index (κ2) is 3.78. The number of aromatic nitrogens is 2. The average Bonchev–Trinajstić information content (AvgIpc) is 2.66. The van der Waals surface area contributed by atoms with E-state index in [1.165, 1.54) is 17.1 Å². The van der Waals surface area contributed by atoms with Gasteiger partial charge in [0, 0.05) is 5.70 Å². The predicted octanol–water partition coefficient (Wildman–Crippen LogP) is 3.34. The highest BCUT2D eigenvalue weighted by atomic mass is 15.1. The zero-order chi connectivity index (χ0) is 11.0. The Labute approximate surface area is 96.0 Å². The normalized spacial score (nSPS) is 18.4. The van der Waals surface area contributed by atoms with Gasteiger partial charge in [-0.25, -0.2) is 4.98 Å². The summed E-state index contributed by atoms with van der Waals surface area (Å²) in [5.41, 5.74) is 3.93. The SMILES string of the molecule is Cc1nc2c(n1C1=CC=CCC1)C=CCC2. The zero-order valence-electron chi connectivity index (χ0n) is 9.61. The van der Waals surface area contributed by atoms with Crippen molar-refractivity contribution in [3.63, 3.8) is 0 Å². The Balaban J connectivity index is 2.13. The molecule has 3 rings (SSSR count). The molecule has 0 saturated carbocycles. The average molecular weight is 212 g/mol. The van der Waals surface area contributed by atoms with Crippen LogP contribution in [0.3, 0.4) is 0 Å². The standard InChI is InChI=1S/C14H16N2/c1-11-15-13-9-5-6-10-14(13)16(11)12-7-3-2-4-8-12/h2-3,6-7,10H,4-5,8-9H2,1H3. The minimum Gasteiger partial charge on any atom is -0.301 e. The van der Waals surface area contributed by atoms with Crippen LogP contribution in [0, 0.1) is 6.92 Å². The molecule has 2 aliphatic carbocycles. The van der Waals surface area contributed by atoms with Crippen molar-refractivity contribution in [3.05, 3.63) is 41.5 Å². The number of rotatable bonds is 1. The smallest absolute Gasteiger partial charge is 0.110 e. The Morgan fingerprint density at radius 2 is 2.06 bits per heavy atom. The van der Waals surface area contributed by atoms with Crippen molar-refractivity contribution in [1.82, 2.24) is 9.55 Å². The third-order valence-corrected chi connectivity index (χ3v) is 3.26. The lowest BCUT2D eigenvalue weighted by atomic mass is 10.1. The summed E-state index contributed by atoms with van der Waals surface area (Å²) in [4.78, 5) is 4.67. The molecule has 0 aliphatic heterocycles. The van der Waals surface area contributed by atoms with Gasteiger partial charge in [0.05, 0.1) is 11.4 Å². The topological polar surface area (TPSA) is 17.8 Å². The molecule has 2 nitrogen and oxygen atoms in total. The van der Waals surface area contributed by atoms with Gasteiger partial charge in [0.1, 0.15) is 5.82 Å². The first kappa shape index (κ1) is 9.64. The number of fused-ring (bicyclic) bond motifs is 1. The van der Waals surface area contributed by atoms with Gasteiger partial charge in [-0.2, -0.15) is 0 Å². The molecule has 0 radical (unpaired) electrons. The molecule has 82 valence electrons. The second-order valence-corrected chi connectivity index (χ2v) is 4.39. The highest BCUT2D eigenvalue weighted by Crippen LogP contribution is 2.27. The van der Waals surface area contributed by atoms with E-state index in [0.717, 1.165) is 31.5 Å². The lowest BCUT2D eigenvalue weighted by molar-refractivity contribution is 0.896. The highest BCUT2D eigenvalue weighted by molar-refractivity contribution is 5.61. The molecule has 16 heavy (non-hydrogen) atoms. The van der Waals surface area contributed by atoms with Crippen LogP contribution in [0.1, 0.15) is 36.5 Å². The largest absolute Gasteiger partial charge is 0.301 e. The minimum absolute atomic E-state index is 1.09. The molecule has 0 fully saturated rings. The van der Waals surface area contributed by atoms with Crippen LogP contribution in [0.4, 0.5) is 0 Å². The van der Waals surface area contributed by atoms with E-state index in [1.807, 2.05) is 0 Å². The number of hydrogen-bond donors (Lipinski definition) is 0. The molecule has 0 amide bonds. The number of imidazole rings is 1. The molecule has 1 aromatic heterocycles. The van der Waals surface area contributed by atoms with Crippen molar-refractivity contribution in [2.24, 2.45) is 0 Å². The number of nitrogens with zero attached hydrogens (tertiary/aromatic N) is 2. The van der Waals surface area contributed by atoms with Crippen molar-refractivity contribution in [1.29, 1.82) is 0 Å². The monoisotopic (exact) mass is 212 g/mol. The molecule has 2 heteroatoms. The maximum atomic E-state index is 4.67. The summed E-state index contributed by atoms with van der Waals surface area (Å²) in [6.07, 6.45) is 15.5. The third-order valence-electron chi connectivity index (χ3n) is 3.26. The molecular weight excluding hydrogens is 196 g/mol. The van der Waals surface area contributed by atoms with Gasteiger partial charge in [0.15, 0.2) is 0 Å². The van der Waals surface area contributed by atoms with Crippen LogP contribution in [0.15, 0.2) is 24.3 Å². The van der Waals surface area contributed by atoms with E-state index in [0.29, 0.717) is 0 Å². The fraction of sp³-hybridized carbons (Fsp3) is 0.357. The number of allylic oxidation sites excluding steroid dienone is 5. The van der Waals surface area contributed by atoms with Crippen molar-refractivity contribution in [3.8, 4) is 0 Å². The van der Waals surface area contributed by atoms with Crippen molar-refractivity contribution >= 4 is 11.8 Å². The molecule has 0 spiro atoms. The van der Waals surface area contributed by atoms with Gasteiger partial charge >= 0.3 is 0 Å². The van der Waals surface area contributed by atoms with Crippen LogP contribution in [0.25, 0.3) is 11.8 Å². The van der Waals surface area contributed by atoms with E-state index in [2.05, 4.69) is 46.9 Å². The molecule has 1 aromatic rings. The maximum Gasteiger partial charge on any atom is 0.110 e. The van der Waals surface area contributed by atoms with E-state index >= 15 is 0 Å². The van der Waals surface area contributed by atoms with Gasteiger partial charge in [-0.15, -0.1) is 0 Å². The van der Waals surface area contributed by atoms with Crippen molar-refractivity contribution in [2.45, 2.75) is 32.6 Å². The van der Waals surface area contributed by atoms with Crippen LogP contribution < -0.4 is 0 Å². The molecule has 0 unspecified atom stereocenters. The quantitative estimate of drug-likeness (QED) is 0.698. The van der Waals surface area contributed by atoms with Crippen molar-refractivity contribution in [2.75, 3.05) is 0 Å². The van der Waals surface area contributed by atoms with Crippen LogP contribution in [0.5, 0.6) is 0 Å². The molecular formula is C14H16N2. The maximum absolute atomic E-state index is 4.67. The lowest BCUT2D eigenvalue weighted by Crippen LogP contribution is -2.04. The van der Waals surface area contributed by atoms with Crippen LogP contribution >= 0.6 is 0 Å². The summed E-state index contributed by atoms with van der Waals surface area (Å²) >= 11 is 0. The summed E-state index contributed by atoms with van der Waals surface area (Å²) in [7, 11) is 0. The highest BCUT2D eigenvalue weighted by Gasteiger charge is 2.17. The van der Waals surface area contributed by atoms with Gasteiger partial charge in [0.25, 0.3) is 0 Å². The molecule has 0 bridgehead atoms. The first-order chi connectivity index (χ1) is 7.86. The minimum atomic E-state index is 1.09. The fourth-order valence-electron chi connectivity index (χ4n) is 2.51.